The first-order valence-corrected chi connectivity index (χ1v) is 7.62. The molecule has 0 aliphatic carbocycles. The van der Waals surface area contributed by atoms with Gasteiger partial charge in [0.1, 0.15) is 0 Å². The molecule has 1 aromatic rings. The zero-order valence-electron chi connectivity index (χ0n) is 12.8. The molecule has 2 saturated heterocycles. The number of hydrogen-bond acceptors (Lipinski definition) is 5. The Bertz CT molecular complexity index is 636. The molecular weight excluding hydrogens is 270 g/mol. The average molecular weight is 293 g/mol. The highest BCUT2D eigenvalue weighted by molar-refractivity contribution is 5.36. The number of piperidine rings is 2. The number of anilines is 1. The normalized spacial score (nSPS) is 26.3. The smallest absolute Gasteiger partial charge is 0.346 e. The topological polar surface area (TPSA) is 72.2 Å². The molecule has 1 atom stereocenters. The zero-order chi connectivity index (χ0) is 15.0. The van der Waals surface area contributed by atoms with Crippen LogP contribution in [0.5, 0.6) is 0 Å². The Kier molecular flexibility index (Phi) is 3.61. The fourth-order valence-electron chi connectivity index (χ4n) is 3.65. The largest absolute Gasteiger partial charge is 0.350 e. The highest BCUT2D eigenvalue weighted by Crippen LogP contribution is 2.36. The number of aryl methyl sites for hydroxylation is 1. The van der Waals surface area contributed by atoms with Crippen molar-refractivity contribution in [1.82, 2.24) is 19.7 Å². The van der Waals surface area contributed by atoms with Crippen LogP contribution in [0.3, 0.4) is 0 Å². The van der Waals surface area contributed by atoms with Gasteiger partial charge in [-0.15, -0.1) is 5.10 Å². The van der Waals surface area contributed by atoms with Gasteiger partial charge in [-0.3, -0.25) is 9.36 Å². The molecule has 1 N–H and O–H groups in total. The fraction of sp³-hybridized carbons (Fsp3) is 0.786. The maximum absolute atomic E-state index is 12.3. The van der Waals surface area contributed by atoms with E-state index in [1.165, 1.54) is 31.0 Å². The predicted molar refractivity (Wildman–Crippen MR) is 80.7 cm³/mol. The fourth-order valence-corrected chi connectivity index (χ4v) is 3.65. The van der Waals surface area contributed by atoms with Crippen molar-refractivity contribution in [3.05, 3.63) is 20.8 Å². The number of hydrogen-bond donors (Lipinski definition) is 1. The molecule has 2 fully saturated rings. The van der Waals surface area contributed by atoms with Crippen molar-refractivity contribution in [2.75, 3.05) is 31.1 Å². The summed E-state index contributed by atoms with van der Waals surface area (Å²) in [7, 11) is 3.10. The van der Waals surface area contributed by atoms with Crippen molar-refractivity contribution in [2.45, 2.75) is 25.7 Å². The Labute approximate surface area is 123 Å². The molecule has 2 aliphatic heterocycles. The first kappa shape index (κ1) is 14.3. The molecule has 0 saturated carbocycles. The van der Waals surface area contributed by atoms with E-state index in [9.17, 15) is 9.59 Å². The number of nitrogens with zero attached hydrogens (tertiary/aromatic N) is 4. The predicted octanol–water partition coefficient (Wildman–Crippen LogP) is -0.551. The van der Waals surface area contributed by atoms with Crippen molar-refractivity contribution in [3.8, 4) is 0 Å². The van der Waals surface area contributed by atoms with Crippen LogP contribution < -0.4 is 21.5 Å². The second-order valence-corrected chi connectivity index (χ2v) is 6.40. The maximum Gasteiger partial charge on any atom is 0.346 e. The minimum absolute atomic E-state index is 0.248. The maximum atomic E-state index is 12.3. The second-order valence-electron chi connectivity index (χ2n) is 6.40. The Morgan fingerprint density at radius 3 is 2.67 bits per heavy atom. The van der Waals surface area contributed by atoms with Crippen molar-refractivity contribution in [2.24, 2.45) is 19.5 Å². The summed E-state index contributed by atoms with van der Waals surface area (Å²) in [4.78, 5) is 26.2. The van der Waals surface area contributed by atoms with Gasteiger partial charge in [0, 0.05) is 39.1 Å². The highest BCUT2D eigenvalue weighted by Gasteiger charge is 2.37. The van der Waals surface area contributed by atoms with Crippen LogP contribution in [0.15, 0.2) is 9.59 Å². The molecule has 0 amide bonds. The number of nitrogens with one attached hydrogen (secondary N) is 1. The van der Waals surface area contributed by atoms with E-state index in [-0.39, 0.29) is 16.7 Å². The third kappa shape index (κ3) is 2.50. The van der Waals surface area contributed by atoms with Crippen LogP contribution in [-0.4, -0.2) is 40.5 Å². The van der Waals surface area contributed by atoms with Gasteiger partial charge in [-0.25, -0.2) is 9.48 Å². The van der Waals surface area contributed by atoms with Crippen LogP contribution in [0.1, 0.15) is 25.7 Å². The Morgan fingerprint density at radius 2 is 1.95 bits per heavy atom. The van der Waals surface area contributed by atoms with Gasteiger partial charge in [0.2, 0.25) is 5.82 Å². The lowest BCUT2D eigenvalue weighted by Crippen LogP contribution is -2.53. The lowest BCUT2D eigenvalue weighted by molar-refractivity contribution is 0.172. The molecule has 1 aromatic heterocycles. The van der Waals surface area contributed by atoms with Gasteiger partial charge >= 0.3 is 5.69 Å². The summed E-state index contributed by atoms with van der Waals surface area (Å²) in [6.07, 6.45) is 4.65. The molecule has 1 spiro atoms. The van der Waals surface area contributed by atoms with Gasteiger partial charge in [-0.05, 0) is 32.2 Å². The Balaban J connectivity index is 1.94. The monoisotopic (exact) mass is 293 g/mol. The molecule has 0 radical (unpaired) electrons. The Hall–Kier alpha value is -1.63. The summed E-state index contributed by atoms with van der Waals surface area (Å²) >= 11 is 0. The van der Waals surface area contributed by atoms with Gasteiger partial charge in [0.05, 0.1) is 0 Å². The molecule has 2 aliphatic rings. The molecule has 0 aromatic carbocycles. The van der Waals surface area contributed by atoms with E-state index in [2.05, 4.69) is 15.3 Å². The van der Waals surface area contributed by atoms with Crippen LogP contribution in [0.25, 0.3) is 0 Å². The third-order valence-electron chi connectivity index (χ3n) is 4.83. The molecule has 0 bridgehead atoms. The minimum Gasteiger partial charge on any atom is -0.350 e. The van der Waals surface area contributed by atoms with Crippen LogP contribution in [0.2, 0.25) is 0 Å². The summed E-state index contributed by atoms with van der Waals surface area (Å²) in [6.45, 7) is 3.78. The van der Waals surface area contributed by atoms with E-state index in [4.69, 9.17) is 0 Å². The van der Waals surface area contributed by atoms with Gasteiger partial charge in [0.25, 0.3) is 5.56 Å². The Morgan fingerprint density at radius 1 is 1.19 bits per heavy atom. The van der Waals surface area contributed by atoms with Gasteiger partial charge in [-0.2, -0.15) is 0 Å². The molecule has 116 valence electrons. The van der Waals surface area contributed by atoms with Gasteiger partial charge in [0.15, 0.2) is 0 Å². The molecular formula is C14H23N5O2. The summed E-state index contributed by atoms with van der Waals surface area (Å²) in [5.41, 5.74) is -0.425. The first-order chi connectivity index (χ1) is 10.0. The SMILES string of the molecule is Cn1nc(N2CCCC3(CCCNC3)C2)c(=O)n(C)c1=O. The lowest BCUT2D eigenvalue weighted by Gasteiger charge is -2.45. The van der Waals surface area contributed by atoms with Crippen molar-refractivity contribution in [1.29, 1.82) is 0 Å². The summed E-state index contributed by atoms with van der Waals surface area (Å²) < 4.78 is 2.39. The van der Waals surface area contributed by atoms with E-state index < -0.39 is 0 Å². The van der Waals surface area contributed by atoms with E-state index in [0.29, 0.717) is 5.82 Å². The van der Waals surface area contributed by atoms with E-state index in [0.717, 1.165) is 37.2 Å². The molecule has 21 heavy (non-hydrogen) atoms. The van der Waals surface area contributed by atoms with E-state index >= 15 is 0 Å². The van der Waals surface area contributed by atoms with Crippen LogP contribution in [0.4, 0.5) is 5.82 Å². The average Bonchev–Trinajstić information content (AvgIpc) is 2.49. The lowest BCUT2D eigenvalue weighted by atomic mass is 9.74. The second kappa shape index (κ2) is 5.29. The number of rotatable bonds is 1. The quantitative estimate of drug-likeness (QED) is 0.752. The zero-order valence-corrected chi connectivity index (χ0v) is 12.8. The third-order valence-corrected chi connectivity index (χ3v) is 4.83. The van der Waals surface area contributed by atoms with Gasteiger partial charge < -0.3 is 10.2 Å². The van der Waals surface area contributed by atoms with Crippen LogP contribution in [-0.2, 0) is 14.1 Å². The van der Waals surface area contributed by atoms with Crippen molar-refractivity contribution in [3.63, 3.8) is 0 Å². The molecule has 3 heterocycles. The van der Waals surface area contributed by atoms with Crippen molar-refractivity contribution < 1.29 is 0 Å². The van der Waals surface area contributed by atoms with E-state index in [1.807, 2.05) is 0 Å². The van der Waals surface area contributed by atoms with E-state index in [1.54, 1.807) is 7.05 Å². The molecule has 3 rings (SSSR count). The highest BCUT2D eigenvalue weighted by atomic mass is 16.2. The number of aromatic nitrogens is 3. The molecule has 7 heteroatoms. The summed E-state index contributed by atoms with van der Waals surface area (Å²) in [6, 6.07) is 0. The molecule has 7 nitrogen and oxygen atoms in total. The van der Waals surface area contributed by atoms with Crippen LogP contribution >= 0.6 is 0 Å². The molecule has 1 unspecified atom stereocenters. The van der Waals surface area contributed by atoms with Crippen molar-refractivity contribution >= 4 is 5.82 Å². The minimum atomic E-state index is -0.380. The van der Waals surface area contributed by atoms with Crippen LogP contribution in [0, 0.1) is 5.41 Å². The van der Waals surface area contributed by atoms with Gasteiger partial charge in [-0.1, -0.05) is 0 Å². The first-order valence-electron chi connectivity index (χ1n) is 7.62. The summed E-state index contributed by atoms with van der Waals surface area (Å²) in [5.74, 6) is 0.407. The standard InChI is InChI=1S/C14H23N5O2/c1-17-12(20)11(16-18(2)13(17)21)19-8-4-6-14(10-19)5-3-7-15-9-14/h15H,3-10H2,1-2H3. The summed E-state index contributed by atoms with van der Waals surface area (Å²) in [5, 5.41) is 7.69.